The zero-order valence-electron chi connectivity index (χ0n) is 20.9. The molecule has 196 valence electrons. The van der Waals surface area contributed by atoms with Crippen molar-refractivity contribution >= 4 is 17.5 Å². The summed E-state index contributed by atoms with van der Waals surface area (Å²) in [4.78, 5) is 30.9. The van der Waals surface area contributed by atoms with Gasteiger partial charge in [0, 0.05) is 43.8 Å². The average molecular weight is 509 g/mol. The molecule has 3 N–H and O–H groups in total. The molecule has 0 spiro atoms. The number of nitrogens with zero attached hydrogens (tertiary/aromatic N) is 3. The van der Waals surface area contributed by atoms with Gasteiger partial charge in [0.1, 0.15) is 17.7 Å². The molecule has 0 bridgehead atoms. The maximum absolute atomic E-state index is 13.5. The first kappa shape index (κ1) is 24.1. The number of amides is 2. The van der Waals surface area contributed by atoms with Crippen molar-refractivity contribution in [2.24, 2.45) is 11.8 Å². The molecule has 0 radical (unpaired) electrons. The zero-order valence-corrected chi connectivity index (χ0v) is 20.9. The molecule has 4 fully saturated rings. The van der Waals surface area contributed by atoms with Gasteiger partial charge in [0.25, 0.3) is 0 Å². The number of piperazine rings is 1. The summed E-state index contributed by atoms with van der Waals surface area (Å²) in [5, 5.41) is 5.19. The molecule has 4 aliphatic rings. The van der Waals surface area contributed by atoms with Gasteiger partial charge >= 0.3 is 0 Å². The third-order valence-electron chi connectivity index (χ3n) is 8.37. The van der Waals surface area contributed by atoms with Crippen molar-refractivity contribution in [1.29, 1.82) is 0 Å². The lowest BCUT2D eigenvalue weighted by Crippen LogP contribution is -2.66. The number of hydrazine groups is 2. The van der Waals surface area contributed by atoms with E-state index < -0.39 is 0 Å². The predicted molar refractivity (Wildman–Crippen MR) is 136 cm³/mol. The summed E-state index contributed by atoms with van der Waals surface area (Å²) in [6.07, 6.45) is 1.74. The van der Waals surface area contributed by atoms with Gasteiger partial charge in [-0.3, -0.25) is 9.59 Å². The Morgan fingerprint density at radius 3 is 2.43 bits per heavy atom. The van der Waals surface area contributed by atoms with E-state index in [1.807, 2.05) is 17.0 Å². The number of hydrogen-bond acceptors (Lipinski definition) is 7. The van der Waals surface area contributed by atoms with E-state index >= 15 is 0 Å². The summed E-state index contributed by atoms with van der Waals surface area (Å²) in [6.45, 7) is 2.96. The zero-order chi connectivity index (χ0) is 25.5. The molecule has 5 unspecified atom stereocenters. The van der Waals surface area contributed by atoms with Crippen LogP contribution in [0.25, 0.3) is 0 Å². The van der Waals surface area contributed by atoms with E-state index in [0.29, 0.717) is 25.9 Å². The van der Waals surface area contributed by atoms with Crippen LogP contribution in [0.4, 0.5) is 10.1 Å². The van der Waals surface area contributed by atoms with Crippen molar-refractivity contribution < 1.29 is 18.7 Å². The summed E-state index contributed by atoms with van der Waals surface area (Å²) in [5.74, 6) is 0.497. The normalized spacial score (nSPS) is 29.9. The third kappa shape index (κ3) is 4.54. The first-order valence-corrected chi connectivity index (χ1v) is 13.0. The summed E-state index contributed by atoms with van der Waals surface area (Å²) in [7, 11) is 1.66. The SMILES string of the molecule is COc1ccc(N2CCN(C(=O)C3CCC4C(=O)NC5C(c6ccc(F)cc6)NNN5C4C3)CC2)cc1. The molecule has 10 heteroatoms. The lowest BCUT2D eigenvalue weighted by Gasteiger charge is -2.47. The topological polar surface area (TPSA) is 89.2 Å². The minimum absolute atomic E-state index is 0.0304. The Morgan fingerprint density at radius 2 is 1.73 bits per heavy atom. The van der Waals surface area contributed by atoms with E-state index in [0.717, 1.165) is 36.5 Å². The highest BCUT2D eigenvalue weighted by atomic mass is 19.1. The first-order valence-electron chi connectivity index (χ1n) is 13.0. The van der Waals surface area contributed by atoms with Gasteiger partial charge in [0.2, 0.25) is 11.8 Å². The summed E-state index contributed by atoms with van der Waals surface area (Å²) >= 11 is 0. The van der Waals surface area contributed by atoms with Crippen molar-refractivity contribution in [2.75, 3.05) is 38.2 Å². The number of halogens is 1. The minimum Gasteiger partial charge on any atom is -0.497 e. The molecule has 9 nitrogen and oxygen atoms in total. The van der Waals surface area contributed by atoms with Crippen LogP contribution in [-0.4, -0.2) is 67.2 Å². The Labute approximate surface area is 215 Å². The second kappa shape index (κ2) is 9.92. The number of nitrogens with one attached hydrogen (secondary N) is 3. The molecule has 6 rings (SSSR count). The van der Waals surface area contributed by atoms with Gasteiger partial charge in [-0.25, -0.2) is 14.8 Å². The fourth-order valence-electron chi connectivity index (χ4n) is 6.30. The monoisotopic (exact) mass is 508 g/mol. The molecule has 2 amide bonds. The highest BCUT2D eigenvalue weighted by Crippen LogP contribution is 2.39. The van der Waals surface area contributed by atoms with Gasteiger partial charge < -0.3 is 19.9 Å². The molecular formula is C27H33FN6O3. The van der Waals surface area contributed by atoms with Crippen LogP contribution in [0, 0.1) is 17.7 Å². The van der Waals surface area contributed by atoms with Crippen molar-refractivity contribution in [3.05, 3.63) is 59.9 Å². The second-order valence-corrected chi connectivity index (χ2v) is 10.3. The molecule has 3 aliphatic heterocycles. The number of carbonyl (C=O) groups excluding carboxylic acids is 2. The quantitative estimate of drug-likeness (QED) is 0.580. The van der Waals surface area contributed by atoms with Gasteiger partial charge in [0.05, 0.1) is 19.1 Å². The van der Waals surface area contributed by atoms with Crippen LogP contribution in [0.1, 0.15) is 30.9 Å². The average Bonchev–Trinajstić information content (AvgIpc) is 3.37. The van der Waals surface area contributed by atoms with Crippen LogP contribution in [0.15, 0.2) is 48.5 Å². The van der Waals surface area contributed by atoms with Crippen LogP contribution < -0.4 is 25.9 Å². The first-order chi connectivity index (χ1) is 18.0. The van der Waals surface area contributed by atoms with E-state index in [1.54, 1.807) is 19.2 Å². The summed E-state index contributed by atoms with van der Waals surface area (Å²) in [6, 6.07) is 14.0. The number of fused-ring (bicyclic) bond motifs is 3. The third-order valence-corrected chi connectivity index (χ3v) is 8.37. The largest absolute Gasteiger partial charge is 0.497 e. The lowest BCUT2D eigenvalue weighted by molar-refractivity contribution is -0.147. The molecule has 5 atom stereocenters. The summed E-state index contributed by atoms with van der Waals surface area (Å²) in [5.41, 5.74) is 8.52. The maximum atomic E-state index is 13.5. The van der Waals surface area contributed by atoms with Crippen molar-refractivity contribution in [2.45, 2.75) is 37.5 Å². The minimum atomic E-state index is -0.305. The van der Waals surface area contributed by atoms with Gasteiger partial charge in [-0.15, -0.1) is 0 Å². The highest BCUT2D eigenvalue weighted by molar-refractivity contribution is 5.83. The fourth-order valence-corrected chi connectivity index (χ4v) is 6.30. The number of rotatable bonds is 4. The molecule has 37 heavy (non-hydrogen) atoms. The molecule has 3 heterocycles. The maximum Gasteiger partial charge on any atom is 0.226 e. The Bertz CT molecular complexity index is 1140. The number of benzene rings is 2. The number of anilines is 1. The van der Waals surface area contributed by atoms with E-state index in [1.165, 1.54) is 12.1 Å². The van der Waals surface area contributed by atoms with Gasteiger partial charge in [0.15, 0.2) is 0 Å². The van der Waals surface area contributed by atoms with Crippen LogP contribution >= 0.6 is 0 Å². The predicted octanol–water partition coefficient (Wildman–Crippen LogP) is 1.79. The van der Waals surface area contributed by atoms with Crippen LogP contribution in [0.2, 0.25) is 0 Å². The molecule has 1 saturated carbocycles. The Hall–Kier alpha value is -3.21. The van der Waals surface area contributed by atoms with Gasteiger partial charge in [-0.1, -0.05) is 12.1 Å². The summed E-state index contributed by atoms with van der Waals surface area (Å²) < 4.78 is 18.7. The second-order valence-electron chi connectivity index (χ2n) is 10.3. The molecular weight excluding hydrogens is 475 g/mol. The Balaban J connectivity index is 1.10. The Morgan fingerprint density at radius 1 is 1.00 bits per heavy atom. The van der Waals surface area contributed by atoms with E-state index in [-0.39, 0.29) is 47.7 Å². The van der Waals surface area contributed by atoms with Crippen LogP contribution in [0.3, 0.4) is 0 Å². The molecule has 2 aromatic carbocycles. The van der Waals surface area contributed by atoms with Gasteiger partial charge in [-0.05, 0) is 61.2 Å². The van der Waals surface area contributed by atoms with E-state index in [2.05, 4.69) is 38.3 Å². The Kier molecular flexibility index (Phi) is 6.48. The van der Waals surface area contributed by atoms with Crippen molar-refractivity contribution in [3.8, 4) is 5.75 Å². The van der Waals surface area contributed by atoms with E-state index in [9.17, 15) is 14.0 Å². The molecule has 0 aromatic heterocycles. The molecule has 1 aliphatic carbocycles. The van der Waals surface area contributed by atoms with Crippen molar-refractivity contribution in [3.63, 3.8) is 0 Å². The smallest absolute Gasteiger partial charge is 0.226 e. The lowest BCUT2D eigenvalue weighted by atomic mass is 9.75. The number of hydrogen-bond donors (Lipinski definition) is 3. The number of carbonyl (C=O) groups is 2. The van der Waals surface area contributed by atoms with Crippen LogP contribution in [-0.2, 0) is 9.59 Å². The fraction of sp³-hybridized carbons (Fsp3) is 0.481. The van der Waals surface area contributed by atoms with Gasteiger partial charge in [-0.2, -0.15) is 5.53 Å². The van der Waals surface area contributed by atoms with Crippen molar-refractivity contribution in [1.82, 2.24) is 26.2 Å². The molecule has 3 saturated heterocycles. The number of ether oxygens (including phenoxy) is 1. The van der Waals surface area contributed by atoms with E-state index in [4.69, 9.17) is 4.74 Å². The molecule has 2 aromatic rings. The number of methoxy groups -OCH3 is 1. The highest BCUT2D eigenvalue weighted by Gasteiger charge is 2.51. The van der Waals surface area contributed by atoms with Crippen LogP contribution in [0.5, 0.6) is 5.75 Å². The standard InChI is InChI=1S/C27H33FN6O3/c1-37-21-9-7-20(8-10-21)32-12-14-33(15-13-32)27(36)18-4-11-22-23(16-18)34-25(29-26(22)35)24(30-31-34)17-2-5-19(28)6-3-17/h2-3,5-10,18,22-25,30-31H,4,11-16H2,1H3,(H,29,35).